The van der Waals surface area contributed by atoms with Crippen LogP contribution in [0.2, 0.25) is 0 Å². The number of aryl methyl sites for hydroxylation is 1. The van der Waals surface area contributed by atoms with Gasteiger partial charge in [-0.25, -0.2) is 4.39 Å². The van der Waals surface area contributed by atoms with Crippen LogP contribution in [0, 0.1) is 5.82 Å². The zero-order chi connectivity index (χ0) is 21.5. The van der Waals surface area contributed by atoms with Crippen molar-refractivity contribution in [3.8, 4) is 5.75 Å². The maximum atomic E-state index is 13.9. The number of nitrogens with one attached hydrogen (secondary N) is 2. The van der Waals surface area contributed by atoms with Gasteiger partial charge in [-0.3, -0.25) is 10.1 Å². The maximum Gasteiger partial charge on any atom is 0.241 e. The highest BCUT2D eigenvalue weighted by Gasteiger charge is 2.22. The highest BCUT2D eigenvalue weighted by Crippen LogP contribution is 2.26. The Balaban J connectivity index is 1.83. The molecule has 3 rings (SSSR count). The zero-order valence-corrected chi connectivity index (χ0v) is 17.5. The van der Waals surface area contributed by atoms with Gasteiger partial charge in [-0.05, 0) is 54.3 Å². The summed E-state index contributed by atoms with van der Waals surface area (Å²) in [6.45, 7) is 3.89. The van der Waals surface area contributed by atoms with Crippen LogP contribution in [0.25, 0.3) is 0 Å². The van der Waals surface area contributed by atoms with Crippen molar-refractivity contribution in [3.63, 3.8) is 0 Å². The largest absolute Gasteiger partial charge is 0.495 e. The highest BCUT2D eigenvalue weighted by atomic mass is 19.1. The van der Waals surface area contributed by atoms with Crippen molar-refractivity contribution in [2.75, 3.05) is 12.4 Å². The Morgan fingerprint density at radius 1 is 1.00 bits per heavy atom. The monoisotopic (exact) mass is 406 g/mol. The lowest BCUT2D eigenvalue weighted by Crippen LogP contribution is -2.40. The molecule has 30 heavy (non-hydrogen) atoms. The molecule has 0 bridgehead atoms. The SMILES string of the molecule is CCc1ccc([C@H](N[C@@H](C)C(=O)Nc2ccccc2OC)c2cccc(F)c2)cc1. The van der Waals surface area contributed by atoms with Gasteiger partial charge in [0.25, 0.3) is 0 Å². The molecule has 0 aliphatic carbocycles. The molecule has 0 fully saturated rings. The molecule has 2 atom stereocenters. The maximum absolute atomic E-state index is 13.9. The third-order valence-corrected chi connectivity index (χ3v) is 5.08. The summed E-state index contributed by atoms with van der Waals surface area (Å²) in [5, 5.41) is 6.25. The molecule has 1 amide bonds. The van der Waals surface area contributed by atoms with Gasteiger partial charge in [0.15, 0.2) is 0 Å². The minimum absolute atomic E-state index is 0.203. The number of methoxy groups -OCH3 is 1. The average molecular weight is 407 g/mol. The quantitative estimate of drug-likeness (QED) is 0.547. The van der Waals surface area contributed by atoms with Crippen molar-refractivity contribution in [3.05, 3.63) is 95.3 Å². The van der Waals surface area contributed by atoms with Crippen LogP contribution >= 0.6 is 0 Å². The molecule has 5 heteroatoms. The second kappa shape index (κ2) is 10.0. The van der Waals surface area contributed by atoms with E-state index in [1.54, 1.807) is 32.2 Å². The van der Waals surface area contributed by atoms with Gasteiger partial charge in [-0.1, -0.05) is 55.5 Å². The van der Waals surface area contributed by atoms with E-state index in [-0.39, 0.29) is 17.8 Å². The molecule has 0 aromatic heterocycles. The number of benzene rings is 3. The Hall–Kier alpha value is -3.18. The molecule has 0 saturated carbocycles. The second-order valence-electron chi connectivity index (χ2n) is 7.16. The molecular weight excluding hydrogens is 379 g/mol. The number of carbonyl (C=O) groups excluding carboxylic acids is 1. The van der Waals surface area contributed by atoms with Gasteiger partial charge in [-0.15, -0.1) is 0 Å². The van der Waals surface area contributed by atoms with Crippen LogP contribution in [-0.4, -0.2) is 19.1 Å². The number of para-hydroxylation sites is 2. The molecule has 3 aromatic carbocycles. The first-order chi connectivity index (χ1) is 14.5. The summed E-state index contributed by atoms with van der Waals surface area (Å²) in [6, 6.07) is 21.0. The van der Waals surface area contributed by atoms with E-state index in [0.717, 1.165) is 17.5 Å². The number of amides is 1. The zero-order valence-electron chi connectivity index (χ0n) is 17.5. The topological polar surface area (TPSA) is 50.4 Å². The van der Waals surface area contributed by atoms with Crippen LogP contribution in [-0.2, 0) is 11.2 Å². The van der Waals surface area contributed by atoms with Gasteiger partial charge in [0.05, 0.1) is 24.9 Å². The summed E-state index contributed by atoms with van der Waals surface area (Å²) in [5.41, 5.74) is 3.55. The molecule has 0 aliphatic rings. The number of carbonyl (C=O) groups is 1. The lowest BCUT2D eigenvalue weighted by molar-refractivity contribution is -0.117. The third kappa shape index (κ3) is 5.24. The van der Waals surface area contributed by atoms with E-state index in [2.05, 4.69) is 29.7 Å². The van der Waals surface area contributed by atoms with Crippen LogP contribution in [0.4, 0.5) is 10.1 Å². The number of rotatable bonds is 8. The summed E-state index contributed by atoms with van der Waals surface area (Å²) in [5.74, 6) is 0.0802. The minimum Gasteiger partial charge on any atom is -0.495 e. The van der Waals surface area contributed by atoms with E-state index in [1.807, 2.05) is 30.3 Å². The van der Waals surface area contributed by atoms with Crippen molar-refractivity contribution < 1.29 is 13.9 Å². The van der Waals surface area contributed by atoms with Crippen LogP contribution in [0.5, 0.6) is 5.75 Å². The Bertz CT molecular complexity index is 988. The minimum atomic E-state index is -0.533. The molecular formula is C25H27FN2O2. The van der Waals surface area contributed by atoms with E-state index in [9.17, 15) is 9.18 Å². The lowest BCUT2D eigenvalue weighted by Gasteiger charge is -2.24. The predicted molar refractivity (Wildman–Crippen MR) is 118 cm³/mol. The standard InChI is InChI=1S/C25H27FN2O2/c1-4-18-12-14-19(15-13-18)24(20-8-7-9-21(26)16-20)27-17(2)25(29)28-22-10-5-6-11-23(22)30-3/h5-17,24,27H,4H2,1-3H3,(H,28,29)/t17-,24-/m0/s1. The van der Waals surface area contributed by atoms with Gasteiger partial charge < -0.3 is 10.1 Å². The summed E-state index contributed by atoms with van der Waals surface area (Å²) in [4.78, 5) is 12.8. The van der Waals surface area contributed by atoms with Crippen LogP contribution in [0.1, 0.15) is 36.6 Å². The average Bonchev–Trinajstić information content (AvgIpc) is 2.77. The molecule has 0 spiro atoms. The smallest absolute Gasteiger partial charge is 0.241 e. The Labute approximate surface area is 177 Å². The first-order valence-corrected chi connectivity index (χ1v) is 10.1. The van der Waals surface area contributed by atoms with Crippen molar-refractivity contribution in [1.29, 1.82) is 0 Å². The van der Waals surface area contributed by atoms with E-state index in [4.69, 9.17) is 4.74 Å². The summed E-state index contributed by atoms with van der Waals surface area (Å²) in [7, 11) is 1.56. The van der Waals surface area contributed by atoms with E-state index in [1.165, 1.54) is 17.7 Å². The molecule has 0 saturated heterocycles. The van der Waals surface area contributed by atoms with Crippen LogP contribution in [0.3, 0.4) is 0 Å². The van der Waals surface area contributed by atoms with Crippen LogP contribution in [0.15, 0.2) is 72.8 Å². The highest BCUT2D eigenvalue weighted by molar-refractivity contribution is 5.95. The summed E-state index contributed by atoms with van der Waals surface area (Å²) >= 11 is 0. The van der Waals surface area contributed by atoms with Crippen molar-refractivity contribution in [2.24, 2.45) is 0 Å². The predicted octanol–water partition coefficient (Wildman–Crippen LogP) is 5.10. The molecule has 156 valence electrons. The Morgan fingerprint density at radius 2 is 1.73 bits per heavy atom. The van der Waals surface area contributed by atoms with E-state index < -0.39 is 6.04 Å². The van der Waals surface area contributed by atoms with Gasteiger partial charge in [0, 0.05) is 0 Å². The van der Waals surface area contributed by atoms with Crippen molar-refractivity contribution >= 4 is 11.6 Å². The Morgan fingerprint density at radius 3 is 2.40 bits per heavy atom. The lowest BCUT2D eigenvalue weighted by atomic mass is 9.96. The first kappa shape index (κ1) is 21.5. The summed E-state index contributed by atoms with van der Waals surface area (Å²) < 4.78 is 19.2. The second-order valence-corrected chi connectivity index (χ2v) is 7.16. The van der Waals surface area contributed by atoms with E-state index >= 15 is 0 Å². The number of halogens is 1. The number of anilines is 1. The normalized spacial score (nSPS) is 12.8. The van der Waals surface area contributed by atoms with Gasteiger partial charge in [-0.2, -0.15) is 0 Å². The van der Waals surface area contributed by atoms with Crippen LogP contribution < -0.4 is 15.4 Å². The van der Waals surface area contributed by atoms with E-state index in [0.29, 0.717) is 11.4 Å². The number of ether oxygens (including phenoxy) is 1. The molecule has 4 nitrogen and oxygen atoms in total. The van der Waals surface area contributed by atoms with Gasteiger partial charge in [0.1, 0.15) is 11.6 Å². The third-order valence-electron chi connectivity index (χ3n) is 5.08. The fourth-order valence-corrected chi connectivity index (χ4v) is 3.33. The number of hydrogen-bond acceptors (Lipinski definition) is 3. The molecule has 0 heterocycles. The summed E-state index contributed by atoms with van der Waals surface area (Å²) in [6.07, 6.45) is 0.941. The van der Waals surface area contributed by atoms with Crippen molar-refractivity contribution in [2.45, 2.75) is 32.4 Å². The molecule has 0 radical (unpaired) electrons. The van der Waals surface area contributed by atoms with Gasteiger partial charge in [0.2, 0.25) is 5.91 Å². The molecule has 0 aliphatic heterocycles. The first-order valence-electron chi connectivity index (χ1n) is 10.1. The molecule has 3 aromatic rings. The van der Waals surface area contributed by atoms with Crippen molar-refractivity contribution in [1.82, 2.24) is 5.32 Å². The molecule has 0 unspecified atom stereocenters. The number of hydrogen-bond donors (Lipinski definition) is 2. The fraction of sp³-hybridized carbons (Fsp3) is 0.240. The molecule has 2 N–H and O–H groups in total. The fourth-order valence-electron chi connectivity index (χ4n) is 3.33. The van der Waals surface area contributed by atoms with Gasteiger partial charge >= 0.3 is 0 Å². The Kier molecular flexibility index (Phi) is 7.20.